The number of carbonyl (C=O) groups is 1. The predicted molar refractivity (Wildman–Crippen MR) is 94.0 cm³/mol. The molecule has 0 bridgehead atoms. The van der Waals surface area contributed by atoms with E-state index in [4.69, 9.17) is 4.52 Å². The second-order valence-corrected chi connectivity index (χ2v) is 8.19. The zero-order valence-electron chi connectivity index (χ0n) is 14.8. The highest BCUT2D eigenvalue weighted by Crippen LogP contribution is 2.21. The monoisotopic (exact) mass is 378 g/mol. The highest BCUT2D eigenvalue weighted by molar-refractivity contribution is 7.89. The summed E-state index contributed by atoms with van der Waals surface area (Å²) in [6.45, 7) is 4.73. The van der Waals surface area contributed by atoms with Crippen LogP contribution in [0.15, 0.2) is 33.9 Å². The smallest absolute Gasteiger partial charge is 0.255 e. The van der Waals surface area contributed by atoms with Crippen LogP contribution in [0.3, 0.4) is 0 Å². The molecule has 1 aliphatic rings. The number of nitrogens with zero attached hydrogens (tertiary/aromatic N) is 3. The zero-order chi connectivity index (χ0) is 18.7. The largest absolute Gasteiger partial charge is 0.360 e. The first-order chi connectivity index (χ1) is 12.4. The number of hydrogen-bond acceptors (Lipinski definition) is 6. The van der Waals surface area contributed by atoms with Crippen LogP contribution in [-0.2, 0) is 10.0 Å². The van der Waals surface area contributed by atoms with E-state index in [9.17, 15) is 13.2 Å². The molecule has 0 unspecified atom stereocenters. The van der Waals surface area contributed by atoms with Crippen LogP contribution >= 0.6 is 0 Å². The van der Waals surface area contributed by atoms with Gasteiger partial charge in [0.15, 0.2) is 5.76 Å². The lowest BCUT2D eigenvalue weighted by Gasteiger charge is -2.32. The third-order valence-corrected chi connectivity index (χ3v) is 6.28. The molecule has 1 amide bonds. The van der Waals surface area contributed by atoms with Crippen LogP contribution in [0, 0.1) is 19.8 Å². The number of aryl methyl sites for hydroxylation is 2. The van der Waals surface area contributed by atoms with Gasteiger partial charge in [0.05, 0.1) is 5.56 Å². The molecule has 0 atom stereocenters. The maximum Gasteiger partial charge on any atom is 0.255 e. The van der Waals surface area contributed by atoms with Crippen molar-refractivity contribution in [2.75, 3.05) is 19.6 Å². The van der Waals surface area contributed by atoms with Crippen molar-refractivity contribution in [2.24, 2.45) is 5.92 Å². The van der Waals surface area contributed by atoms with E-state index in [2.05, 4.69) is 14.9 Å². The average Bonchev–Trinajstić information content (AvgIpc) is 3.00. The number of carbonyl (C=O) groups excluding carboxylic acids is 1. The van der Waals surface area contributed by atoms with Gasteiger partial charge in [0.2, 0.25) is 10.0 Å². The Morgan fingerprint density at radius 2 is 2.08 bits per heavy atom. The Kier molecular flexibility index (Phi) is 5.38. The Morgan fingerprint density at radius 3 is 2.65 bits per heavy atom. The summed E-state index contributed by atoms with van der Waals surface area (Å²) in [5.41, 5.74) is 0.928. The Labute approximate surface area is 152 Å². The number of likely N-dealkylation sites (tertiary alicyclic amines) is 1. The number of piperidine rings is 1. The molecule has 0 aromatic carbocycles. The van der Waals surface area contributed by atoms with Crippen LogP contribution in [0.2, 0.25) is 0 Å². The van der Waals surface area contributed by atoms with Gasteiger partial charge < -0.3 is 9.42 Å². The van der Waals surface area contributed by atoms with Gasteiger partial charge in [0.1, 0.15) is 10.6 Å². The van der Waals surface area contributed by atoms with Gasteiger partial charge in [-0.3, -0.25) is 9.78 Å². The standard InChI is InChI=1S/C17H22N4O4S/c1-12-16(13(2)25-20-12)26(23,24)19-10-14-5-8-21(9-6-14)17(22)15-4-3-7-18-11-15/h3-4,7,11,14,19H,5-6,8-10H2,1-2H3. The lowest BCUT2D eigenvalue weighted by atomic mass is 9.97. The lowest BCUT2D eigenvalue weighted by molar-refractivity contribution is 0.0691. The maximum absolute atomic E-state index is 12.5. The predicted octanol–water partition coefficient (Wildman–Crippen LogP) is 1.52. The molecule has 0 spiro atoms. The number of pyridine rings is 1. The van der Waals surface area contributed by atoms with Crippen molar-refractivity contribution in [1.82, 2.24) is 19.8 Å². The van der Waals surface area contributed by atoms with E-state index in [1.54, 1.807) is 43.3 Å². The minimum Gasteiger partial charge on any atom is -0.360 e. The highest BCUT2D eigenvalue weighted by atomic mass is 32.2. The number of aromatic nitrogens is 2. The molecular weight excluding hydrogens is 356 g/mol. The second-order valence-electron chi connectivity index (χ2n) is 6.48. The van der Waals surface area contributed by atoms with E-state index in [0.717, 1.165) is 12.8 Å². The van der Waals surface area contributed by atoms with Gasteiger partial charge in [-0.25, -0.2) is 13.1 Å². The van der Waals surface area contributed by atoms with Crippen molar-refractivity contribution in [3.8, 4) is 0 Å². The first-order valence-electron chi connectivity index (χ1n) is 8.50. The van der Waals surface area contributed by atoms with Gasteiger partial charge in [0, 0.05) is 32.0 Å². The van der Waals surface area contributed by atoms with Gasteiger partial charge >= 0.3 is 0 Å². The van der Waals surface area contributed by atoms with Crippen molar-refractivity contribution in [3.05, 3.63) is 41.5 Å². The summed E-state index contributed by atoms with van der Waals surface area (Å²) in [5.74, 6) is 0.433. The third-order valence-electron chi connectivity index (χ3n) is 4.61. The molecule has 2 aromatic heterocycles. The summed E-state index contributed by atoms with van der Waals surface area (Å²) in [7, 11) is -3.65. The van der Waals surface area contributed by atoms with Crippen LogP contribution in [0.1, 0.15) is 34.7 Å². The first kappa shape index (κ1) is 18.5. The molecule has 3 rings (SSSR count). The molecule has 0 saturated carbocycles. The minimum atomic E-state index is -3.65. The number of sulfonamides is 1. The van der Waals surface area contributed by atoms with E-state index in [0.29, 0.717) is 30.9 Å². The zero-order valence-corrected chi connectivity index (χ0v) is 15.6. The number of nitrogens with one attached hydrogen (secondary N) is 1. The van der Waals surface area contributed by atoms with Crippen molar-refractivity contribution in [1.29, 1.82) is 0 Å². The Hall–Kier alpha value is -2.26. The number of amides is 1. The molecule has 2 aromatic rings. The van der Waals surface area contributed by atoms with E-state index in [-0.39, 0.29) is 22.5 Å². The first-order valence-corrected chi connectivity index (χ1v) is 9.98. The normalized spacial score (nSPS) is 16.0. The molecule has 1 aliphatic heterocycles. The molecule has 0 radical (unpaired) electrons. The van der Waals surface area contributed by atoms with E-state index >= 15 is 0 Å². The summed E-state index contributed by atoms with van der Waals surface area (Å²) in [5, 5.41) is 3.69. The van der Waals surface area contributed by atoms with Crippen LogP contribution in [0.25, 0.3) is 0 Å². The lowest BCUT2D eigenvalue weighted by Crippen LogP contribution is -2.41. The van der Waals surface area contributed by atoms with E-state index in [1.807, 2.05) is 0 Å². The van der Waals surface area contributed by atoms with Crippen LogP contribution in [0.4, 0.5) is 0 Å². The fourth-order valence-electron chi connectivity index (χ4n) is 3.17. The maximum atomic E-state index is 12.5. The molecule has 9 heteroatoms. The van der Waals surface area contributed by atoms with Crippen LogP contribution < -0.4 is 4.72 Å². The molecule has 1 N–H and O–H groups in total. The molecule has 0 aliphatic carbocycles. The van der Waals surface area contributed by atoms with Gasteiger partial charge in [0.25, 0.3) is 5.91 Å². The van der Waals surface area contributed by atoms with Gasteiger partial charge in [-0.1, -0.05) is 5.16 Å². The van der Waals surface area contributed by atoms with Crippen molar-refractivity contribution < 1.29 is 17.7 Å². The average molecular weight is 378 g/mol. The van der Waals surface area contributed by atoms with Crippen molar-refractivity contribution >= 4 is 15.9 Å². The topological polar surface area (TPSA) is 105 Å². The Balaban J connectivity index is 1.54. The van der Waals surface area contributed by atoms with E-state index in [1.165, 1.54) is 0 Å². The van der Waals surface area contributed by atoms with Gasteiger partial charge in [-0.15, -0.1) is 0 Å². The number of rotatable bonds is 5. The van der Waals surface area contributed by atoms with Crippen LogP contribution in [-0.4, -0.2) is 49.0 Å². The Bertz CT molecular complexity index is 852. The summed E-state index contributed by atoms with van der Waals surface area (Å²) < 4.78 is 32.5. The van der Waals surface area contributed by atoms with Gasteiger partial charge in [-0.2, -0.15) is 0 Å². The summed E-state index contributed by atoms with van der Waals surface area (Å²) in [6, 6.07) is 3.49. The summed E-state index contributed by atoms with van der Waals surface area (Å²) in [4.78, 5) is 18.3. The third kappa shape index (κ3) is 3.94. The van der Waals surface area contributed by atoms with Crippen molar-refractivity contribution in [2.45, 2.75) is 31.6 Å². The second kappa shape index (κ2) is 7.55. The van der Waals surface area contributed by atoms with E-state index < -0.39 is 10.0 Å². The fourth-order valence-corrected chi connectivity index (χ4v) is 4.61. The van der Waals surface area contributed by atoms with Gasteiger partial charge in [-0.05, 0) is 44.7 Å². The minimum absolute atomic E-state index is 0.0344. The molecule has 1 fully saturated rings. The molecule has 3 heterocycles. The Morgan fingerprint density at radius 1 is 1.35 bits per heavy atom. The summed E-state index contributed by atoms with van der Waals surface area (Å²) in [6.07, 6.45) is 4.69. The summed E-state index contributed by atoms with van der Waals surface area (Å²) >= 11 is 0. The molecule has 8 nitrogen and oxygen atoms in total. The number of hydrogen-bond donors (Lipinski definition) is 1. The molecular formula is C17H22N4O4S. The molecule has 26 heavy (non-hydrogen) atoms. The van der Waals surface area contributed by atoms with Crippen LogP contribution in [0.5, 0.6) is 0 Å². The van der Waals surface area contributed by atoms with Crippen molar-refractivity contribution in [3.63, 3.8) is 0 Å². The fraction of sp³-hybridized carbons (Fsp3) is 0.471. The SMILES string of the molecule is Cc1noc(C)c1S(=O)(=O)NCC1CCN(C(=O)c2cccnc2)CC1. The molecule has 140 valence electrons. The quantitative estimate of drug-likeness (QED) is 0.846. The molecule has 1 saturated heterocycles. The highest BCUT2D eigenvalue weighted by Gasteiger charge is 2.27.